The van der Waals surface area contributed by atoms with Gasteiger partial charge >= 0.3 is 0 Å². The maximum atomic E-state index is 6.31. The molecule has 0 spiro atoms. The molecule has 36 heavy (non-hydrogen) atoms. The molecule has 3 heterocycles. The van der Waals surface area contributed by atoms with Gasteiger partial charge in [0, 0.05) is 0 Å². The number of nitrogens with zero attached hydrogens (tertiary/aromatic N) is 6. The largest absolute Gasteiger partial charge is 0.242 e. The first kappa shape index (κ1) is 21.5. The normalized spacial score (nSPS) is 12.2. The van der Waals surface area contributed by atoms with Gasteiger partial charge in [0.25, 0.3) is 0 Å². The van der Waals surface area contributed by atoms with Gasteiger partial charge in [0.15, 0.2) is 0 Å². The molecule has 0 aliphatic carbocycles. The number of rotatable bonds is 0. The van der Waals surface area contributed by atoms with Crippen molar-refractivity contribution >= 4 is 89.4 Å². The highest BCUT2D eigenvalue weighted by Gasteiger charge is 2.19. The predicted molar refractivity (Wildman–Crippen MR) is 147 cm³/mol. The number of hydrogen-bond acceptors (Lipinski definition) is 6. The maximum Gasteiger partial charge on any atom is 0.120 e. The molecule has 174 valence electrons. The lowest BCUT2D eigenvalue weighted by Gasteiger charge is -2.12. The Balaban J connectivity index is 1.76. The zero-order valence-electron chi connectivity index (χ0n) is 19.9. The quantitative estimate of drug-likeness (QED) is 0.156. The van der Waals surface area contributed by atoms with E-state index in [2.05, 4.69) is 52.0 Å². The third kappa shape index (κ3) is 3.04. The van der Waals surface area contributed by atoms with Gasteiger partial charge < -0.3 is 0 Å². The van der Waals surface area contributed by atoms with E-state index < -0.39 is 0 Å². The number of fused-ring (bicyclic) bond motifs is 9. The summed E-state index contributed by atoms with van der Waals surface area (Å²) >= 11 is 12.6. The van der Waals surface area contributed by atoms with E-state index in [1.54, 1.807) is 12.1 Å². The molecule has 0 aliphatic rings. The van der Waals surface area contributed by atoms with E-state index in [4.69, 9.17) is 53.1 Å². The first-order chi connectivity index (χ1) is 17.3. The van der Waals surface area contributed by atoms with E-state index in [1.807, 2.05) is 0 Å². The third-order valence-corrected chi connectivity index (χ3v) is 7.66. The average Bonchev–Trinajstić information content (AvgIpc) is 2.84. The van der Waals surface area contributed by atoms with Gasteiger partial charge in [-0.2, -0.15) is 0 Å². The monoisotopic (exact) mass is 508 g/mol. The van der Waals surface area contributed by atoms with Crippen molar-refractivity contribution < 1.29 is 0 Å². The fraction of sp³-hybridized carbons (Fsp3) is 0.143. The van der Waals surface area contributed by atoms with Crippen molar-refractivity contribution in [3.05, 3.63) is 68.7 Å². The minimum Gasteiger partial charge on any atom is -0.242 e. The zero-order chi connectivity index (χ0) is 24.9. The van der Waals surface area contributed by atoms with Crippen LogP contribution < -0.4 is 0 Å². The van der Waals surface area contributed by atoms with Gasteiger partial charge in [-0.15, -0.1) is 0 Å². The van der Waals surface area contributed by atoms with Gasteiger partial charge in [-0.3, -0.25) is 0 Å². The molecule has 0 amide bonds. The molecule has 0 saturated carbocycles. The molecule has 0 unspecified atom stereocenters. The lowest BCUT2D eigenvalue weighted by Crippen LogP contribution is -2.00. The second kappa shape index (κ2) is 7.38. The topological polar surface area (TPSA) is 77.3 Å². The molecule has 0 N–H and O–H groups in total. The van der Waals surface area contributed by atoms with Gasteiger partial charge in [0.1, 0.15) is 33.1 Å². The lowest BCUT2D eigenvalue weighted by atomic mass is 10.1. The fourth-order valence-electron chi connectivity index (χ4n) is 4.67. The van der Waals surface area contributed by atoms with Crippen LogP contribution in [0.1, 0.15) is 22.3 Å². The van der Waals surface area contributed by atoms with Crippen LogP contribution in [0.25, 0.3) is 66.2 Å². The molecular weight excluding hydrogens is 491 g/mol. The highest BCUT2D eigenvalue weighted by molar-refractivity contribution is 6.42. The molecule has 0 aliphatic heterocycles. The average molecular weight is 509 g/mol. The highest BCUT2D eigenvalue weighted by Crippen LogP contribution is 2.35. The van der Waals surface area contributed by atoms with E-state index in [0.717, 1.165) is 44.3 Å². The molecule has 7 rings (SSSR count). The van der Waals surface area contributed by atoms with E-state index in [-0.39, 0.29) is 0 Å². The third-order valence-electron chi connectivity index (χ3n) is 6.94. The SMILES string of the molecule is Cc1cc2nc3c4nc5cc(C)c(C)cc5nc4c4nc5cc(Cl)c(Cl)cc5nc4c3nc2cc1C. The van der Waals surface area contributed by atoms with Crippen molar-refractivity contribution in [2.24, 2.45) is 0 Å². The van der Waals surface area contributed by atoms with Crippen molar-refractivity contribution in [2.45, 2.75) is 27.7 Å². The van der Waals surface area contributed by atoms with E-state index >= 15 is 0 Å². The zero-order valence-corrected chi connectivity index (χ0v) is 21.4. The molecule has 3 aromatic heterocycles. The van der Waals surface area contributed by atoms with E-state index in [9.17, 15) is 0 Å². The summed E-state index contributed by atoms with van der Waals surface area (Å²) in [5.74, 6) is 0. The number of aromatic nitrogens is 6. The number of benzene rings is 4. The van der Waals surface area contributed by atoms with Crippen LogP contribution in [0.2, 0.25) is 10.0 Å². The van der Waals surface area contributed by atoms with Crippen LogP contribution in [0.3, 0.4) is 0 Å². The standard InChI is InChI=1S/C28H18Cl2N6/c1-11-5-17-19(7-13(11)3)33-25-23(31-17)24-26(34-20-8-14(4)12(2)6-18(20)32-24)28-27(25)35-21-9-15(29)16(30)10-22(21)36-28/h5-10H,1-4H3. The molecule has 6 nitrogen and oxygen atoms in total. The summed E-state index contributed by atoms with van der Waals surface area (Å²) in [7, 11) is 0. The van der Waals surface area contributed by atoms with Gasteiger partial charge in [-0.25, -0.2) is 29.9 Å². The van der Waals surface area contributed by atoms with Gasteiger partial charge in [0.05, 0.1) is 43.1 Å². The Morgan fingerprint density at radius 3 is 0.778 bits per heavy atom. The van der Waals surface area contributed by atoms with Crippen molar-refractivity contribution in [3.8, 4) is 0 Å². The minimum atomic E-state index is 0.419. The number of halogens is 2. The van der Waals surface area contributed by atoms with Crippen LogP contribution in [0.15, 0.2) is 36.4 Å². The summed E-state index contributed by atoms with van der Waals surface area (Å²) in [5.41, 5.74) is 12.8. The Kier molecular flexibility index (Phi) is 4.42. The van der Waals surface area contributed by atoms with Crippen LogP contribution >= 0.6 is 23.2 Å². The van der Waals surface area contributed by atoms with Crippen molar-refractivity contribution in [2.75, 3.05) is 0 Å². The Labute approximate surface area is 215 Å². The second-order valence-electron chi connectivity index (χ2n) is 9.37. The maximum absolute atomic E-state index is 6.31. The Morgan fingerprint density at radius 1 is 0.361 bits per heavy atom. The van der Waals surface area contributed by atoms with Crippen molar-refractivity contribution in [1.82, 2.24) is 29.9 Å². The second-order valence-corrected chi connectivity index (χ2v) is 10.2. The summed E-state index contributed by atoms with van der Waals surface area (Å²) in [4.78, 5) is 30.0. The summed E-state index contributed by atoms with van der Waals surface area (Å²) < 4.78 is 0. The molecule has 0 fully saturated rings. The predicted octanol–water partition coefficient (Wildman–Crippen LogP) is 7.52. The minimum absolute atomic E-state index is 0.419. The van der Waals surface area contributed by atoms with Gasteiger partial charge in [-0.05, 0) is 86.3 Å². The van der Waals surface area contributed by atoms with Crippen molar-refractivity contribution in [3.63, 3.8) is 0 Å². The highest BCUT2D eigenvalue weighted by atomic mass is 35.5. The molecule has 0 atom stereocenters. The summed E-state index contributed by atoms with van der Waals surface area (Å²) in [6.45, 7) is 8.29. The van der Waals surface area contributed by atoms with E-state index in [1.165, 1.54) is 0 Å². The Hall–Kier alpha value is -3.74. The van der Waals surface area contributed by atoms with Crippen LogP contribution in [-0.2, 0) is 0 Å². The van der Waals surface area contributed by atoms with E-state index in [0.29, 0.717) is 54.2 Å². The number of aryl methyl sites for hydroxylation is 4. The van der Waals surface area contributed by atoms with Gasteiger partial charge in [-0.1, -0.05) is 23.2 Å². The van der Waals surface area contributed by atoms with Crippen molar-refractivity contribution in [1.29, 1.82) is 0 Å². The summed E-state index contributed by atoms with van der Waals surface area (Å²) in [6.07, 6.45) is 0. The van der Waals surface area contributed by atoms with Crippen LogP contribution in [0.4, 0.5) is 0 Å². The molecule has 0 bridgehead atoms. The molecular formula is C28H18Cl2N6. The molecule has 8 heteroatoms. The summed E-state index contributed by atoms with van der Waals surface area (Å²) in [5, 5.41) is 0.837. The lowest BCUT2D eigenvalue weighted by molar-refractivity contribution is 1.29. The Bertz CT molecular complexity index is 1700. The molecule has 7 aromatic rings. The molecule has 0 saturated heterocycles. The molecule has 4 aromatic carbocycles. The van der Waals surface area contributed by atoms with Crippen LogP contribution in [0, 0.1) is 27.7 Å². The first-order valence-corrected chi connectivity index (χ1v) is 12.3. The van der Waals surface area contributed by atoms with Crippen LogP contribution in [-0.4, -0.2) is 29.9 Å². The number of hydrogen-bond donors (Lipinski definition) is 0. The smallest absolute Gasteiger partial charge is 0.120 e. The van der Waals surface area contributed by atoms with Crippen LogP contribution in [0.5, 0.6) is 0 Å². The van der Waals surface area contributed by atoms with Gasteiger partial charge in [0.2, 0.25) is 0 Å². The molecule has 0 radical (unpaired) electrons. The first-order valence-electron chi connectivity index (χ1n) is 11.5. The Morgan fingerprint density at radius 2 is 0.556 bits per heavy atom. The summed E-state index contributed by atoms with van der Waals surface area (Å²) in [6, 6.07) is 11.7. The fourth-order valence-corrected chi connectivity index (χ4v) is 4.98.